The molecule has 1 fully saturated rings. The topological polar surface area (TPSA) is 79.9 Å². The minimum absolute atomic E-state index is 0.104. The maximum atomic E-state index is 13.9. The average molecular weight is 504 g/mol. The van der Waals surface area contributed by atoms with Crippen LogP contribution < -0.4 is 20.1 Å². The zero-order chi connectivity index (χ0) is 25.8. The van der Waals surface area contributed by atoms with Crippen LogP contribution in [0.2, 0.25) is 0 Å². The molecule has 3 aromatic carbocycles. The Morgan fingerprint density at radius 3 is 2.51 bits per heavy atom. The van der Waals surface area contributed by atoms with Gasteiger partial charge in [-0.15, -0.1) is 0 Å². The first-order valence-corrected chi connectivity index (χ1v) is 12.5. The Bertz CT molecular complexity index is 1280. The minimum Gasteiger partial charge on any atom is -0.454 e. The summed E-state index contributed by atoms with van der Waals surface area (Å²) in [4.78, 5) is 28.2. The molecular formula is C29H30FN3O4. The van der Waals surface area contributed by atoms with Crippen molar-refractivity contribution in [1.29, 1.82) is 0 Å². The summed E-state index contributed by atoms with van der Waals surface area (Å²) >= 11 is 0. The third-order valence-corrected chi connectivity index (χ3v) is 6.97. The normalized spacial score (nSPS) is 18.4. The van der Waals surface area contributed by atoms with E-state index in [9.17, 15) is 14.0 Å². The number of nitrogens with zero attached hydrogens (tertiary/aromatic N) is 1. The van der Waals surface area contributed by atoms with Crippen LogP contribution in [0.4, 0.5) is 9.18 Å². The fraction of sp³-hybridized carbons (Fsp3) is 0.310. The van der Waals surface area contributed by atoms with Crippen LogP contribution in [0.25, 0.3) is 0 Å². The number of likely N-dealkylation sites (tertiary alicyclic amines) is 1. The maximum absolute atomic E-state index is 13.9. The molecule has 2 heterocycles. The lowest BCUT2D eigenvalue weighted by Gasteiger charge is -2.39. The Hall–Kier alpha value is -4.07. The van der Waals surface area contributed by atoms with Crippen LogP contribution in [0.15, 0.2) is 66.7 Å². The number of carbonyl (C=O) groups is 2. The van der Waals surface area contributed by atoms with Gasteiger partial charge in [0.2, 0.25) is 12.7 Å². The standard InChI is InChI=1S/C29H30FN3O4/c1-19-13-22(8-10-24(19)30)25-11-9-23(17-33(25)29(35)32-15-20-5-3-2-4-6-20)28(34)31-16-21-7-12-26-27(14-21)37-18-36-26/h2-8,10,12-14,23,25H,9,11,15-18H2,1H3,(H,31,34)(H,32,35). The van der Waals surface area contributed by atoms with Crippen molar-refractivity contribution in [3.8, 4) is 11.5 Å². The molecule has 8 heteroatoms. The number of rotatable bonds is 6. The van der Waals surface area contributed by atoms with Crippen LogP contribution in [-0.2, 0) is 17.9 Å². The van der Waals surface area contributed by atoms with Gasteiger partial charge < -0.3 is 25.0 Å². The number of aryl methyl sites for hydroxylation is 1. The third-order valence-electron chi connectivity index (χ3n) is 6.97. The Morgan fingerprint density at radius 1 is 0.919 bits per heavy atom. The molecule has 2 aliphatic rings. The first kappa shape index (κ1) is 24.6. The van der Waals surface area contributed by atoms with Crippen molar-refractivity contribution in [2.75, 3.05) is 13.3 Å². The van der Waals surface area contributed by atoms with E-state index in [2.05, 4.69) is 10.6 Å². The van der Waals surface area contributed by atoms with Crippen molar-refractivity contribution in [2.45, 2.75) is 38.9 Å². The van der Waals surface area contributed by atoms with Crippen LogP contribution >= 0.6 is 0 Å². The van der Waals surface area contributed by atoms with E-state index in [0.29, 0.717) is 43.0 Å². The monoisotopic (exact) mass is 503 g/mol. The molecule has 0 radical (unpaired) electrons. The van der Waals surface area contributed by atoms with Gasteiger partial charge in [-0.3, -0.25) is 4.79 Å². The van der Waals surface area contributed by atoms with Crippen LogP contribution in [-0.4, -0.2) is 30.2 Å². The molecule has 0 saturated carbocycles. The quantitative estimate of drug-likeness (QED) is 0.505. The van der Waals surface area contributed by atoms with E-state index in [-0.39, 0.29) is 43.1 Å². The van der Waals surface area contributed by atoms with E-state index in [0.717, 1.165) is 16.7 Å². The molecule has 3 aromatic rings. The van der Waals surface area contributed by atoms with E-state index in [4.69, 9.17) is 9.47 Å². The van der Waals surface area contributed by atoms with E-state index < -0.39 is 0 Å². The van der Waals surface area contributed by atoms with Gasteiger partial charge in [-0.1, -0.05) is 48.5 Å². The summed E-state index contributed by atoms with van der Waals surface area (Å²) in [6, 6.07) is 19.7. The molecule has 2 N–H and O–H groups in total. The number of benzene rings is 3. The fourth-order valence-corrected chi connectivity index (χ4v) is 4.89. The van der Waals surface area contributed by atoms with Crippen molar-refractivity contribution in [1.82, 2.24) is 15.5 Å². The number of halogens is 1. The van der Waals surface area contributed by atoms with E-state index >= 15 is 0 Å². The van der Waals surface area contributed by atoms with Crippen molar-refractivity contribution >= 4 is 11.9 Å². The second-order valence-corrected chi connectivity index (χ2v) is 9.50. The number of ether oxygens (including phenoxy) is 2. The molecule has 0 spiro atoms. The first-order valence-electron chi connectivity index (χ1n) is 12.5. The van der Waals surface area contributed by atoms with Gasteiger partial charge in [0.25, 0.3) is 0 Å². The highest BCUT2D eigenvalue weighted by Gasteiger charge is 2.35. The van der Waals surface area contributed by atoms with Crippen LogP contribution in [0.3, 0.4) is 0 Å². The maximum Gasteiger partial charge on any atom is 0.318 e. The van der Waals surface area contributed by atoms with Crippen molar-refractivity contribution in [3.05, 3.63) is 94.8 Å². The lowest BCUT2D eigenvalue weighted by molar-refractivity contribution is -0.126. The molecule has 3 amide bonds. The highest BCUT2D eigenvalue weighted by molar-refractivity contribution is 5.81. The molecule has 2 unspecified atom stereocenters. The van der Waals surface area contributed by atoms with Crippen LogP contribution in [0, 0.1) is 18.7 Å². The predicted molar refractivity (Wildman–Crippen MR) is 136 cm³/mol. The molecule has 7 nitrogen and oxygen atoms in total. The smallest absolute Gasteiger partial charge is 0.318 e. The Kier molecular flexibility index (Phi) is 7.25. The van der Waals surface area contributed by atoms with Gasteiger partial charge in [0, 0.05) is 19.6 Å². The number of piperidine rings is 1. The number of urea groups is 1. The van der Waals surface area contributed by atoms with Gasteiger partial charge in [0.15, 0.2) is 11.5 Å². The number of nitrogens with one attached hydrogen (secondary N) is 2. The molecule has 2 atom stereocenters. The zero-order valence-corrected chi connectivity index (χ0v) is 20.7. The van der Waals surface area contributed by atoms with Gasteiger partial charge in [-0.2, -0.15) is 0 Å². The molecule has 2 aliphatic heterocycles. The number of amides is 3. The second kappa shape index (κ2) is 10.9. The first-order chi connectivity index (χ1) is 18.0. The number of carbonyl (C=O) groups excluding carboxylic acids is 2. The van der Waals surface area contributed by atoms with Crippen molar-refractivity contribution < 1.29 is 23.5 Å². The number of fused-ring (bicyclic) bond motifs is 1. The summed E-state index contributed by atoms with van der Waals surface area (Å²) in [6.07, 6.45) is 1.22. The number of hydrogen-bond acceptors (Lipinski definition) is 4. The molecule has 1 saturated heterocycles. The SMILES string of the molecule is Cc1cc(C2CCC(C(=O)NCc3ccc4c(c3)OCO4)CN2C(=O)NCc2ccccc2)ccc1F. The summed E-state index contributed by atoms with van der Waals surface area (Å²) < 4.78 is 24.7. The zero-order valence-electron chi connectivity index (χ0n) is 20.7. The Morgan fingerprint density at radius 2 is 1.70 bits per heavy atom. The fourth-order valence-electron chi connectivity index (χ4n) is 4.89. The van der Waals surface area contributed by atoms with Gasteiger partial charge in [-0.25, -0.2) is 9.18 Å². The summed E-state index contributed by atoms with van der Waals surface area (Å²) in [5, 5.41) is 6.00. The van der Waals surface area contributed by atoms with Crippen molar-refractivity contribution in [2.24, 2.45) is 5.92 Å². The number of hydrogen-bond donors (Lipinski definition) is 2. The summed E-state index contributed by atoms with van der Waals surface area (Å²) in [7, 11) is 0. The summed E-state index contributed by atoms with van der Waals surface area (Å²) in [5.74, 6) is 0.631. The molecule has 0 aliphatic carbocycles. The average Bonchev–Trinajstić information content (AvgIpc) is 3.40. The summed E-state index contributed by atoms with van der Waals surface area (Å²) in [5.41, 5.74) is 3.30. The highest BCUT2D eigenvalue weighted by Crippen LogP contribution is 2.35. The van der Waals surface area contributed by atoms with E-state index in [1.165, 1.54) is 6.07 Å². The van der Waals surface area contributed by atoms with Gasteiger partial charge in [-0.05, 0) is 60.2 Å². The molecule has 37 heavy (non-hydrogen) atoms. The van der Waals surface area contributed by atoms with Crippen LogP contribution in [0.1, 0.15) is 41.1 Å². The van der Waals surface area contributed by atoms with Gasteiger partial charge in [0.1, 0.15) is 5.82 Å². The Labute approximate surface area is 215 Å². The largest absolute Gasteiger partial charge is 0.454 e. The van der Waals surface area contributed by atoms with Gasteiger partial charge >= 0.3 is 6.03 Å². The molecule has 192 valence electrons. The second-order valence-electron chi connectivity index (χ2n) is 9.50. The predicted octanol–water partition coefficient (Wildman–Crippen LogP) is 4.84. The van der Waals surface area contributed by atoms with E-state index in [1.807, 2.05) is 48.5 Å². The molecule has 0 aromatic heterocycles. The lowest BCUT2D eigenvalue weighted by atomic mass is 9.88. The summed E-state index contributed by atoms with van der Waals surface area (Å²) in [6.45, 7) is 2.92. The Balaban J connectivity index is 1.27. The molecule has 0 bridgehead atoms. The van der Waals surface area contributed by atoms with Crippen molar-refractivity contribution in [3.63, 3.8) is 0 Å². The minimum atomic E-state index is -0.353. The highest BCUT2D eigenvalue weighted by atomic mass is 19.1. The van der Waals surface area contributed by atoms with Gasteiger partial charge in [0.05, 0.1) is 12.0 Å². The molecule has 5 rings (SSSR count). The lowest BCUT2D eigenvalue weighted by Crippen LogP contribution is -2.50. The third kappa shape index (κ3) is 5.69. The molecular weight excluding hydrogens is 473 g/mol. The van der Waals surface area contributed by atoms with Crippen LogP contribution in [0.5, 0.6) is 11.5 Å². The van der Waals surface area contributed by atoms with E-state index in [1.54, 1.807) is 24.0 Å².